The number of hydrogen-bond acceptors (Lipinski definition) is 3. The summed E-state index contributed by atoms with van der Waals surface area (Å²) in [6, 6.07) is 3.52. The van der Waals surface area contributed by atoms with Gasteiger partial charge in [0.1, 0.15) is 0 Å². The van der Waals surface area contributed by atoms with E-state index in [-0.39, 0.29) is 0 Å². The summed E-state index contributed by atoms with van der Waals surface area (Å²) in [7, 11) is -3.28. The molecule has 0 atom stereocenters. The molecule has 0 aliphatic carbocycles. The van der Waals surface area contributed by atoms with Crippen LogP contribution >= 0.6 is 0 Å². The molecule has 15 heavy (non-hydrogen) atoms. The van der Waals surface area contributed by atoms with Crippen LogP contribution in [-0.2, 0) is 10.0 Å². The second kappa shape index (κ2) is 4.18. The molecule has 1 aromatic rings. The summed E-state index contributed by atoms with van der Waals surface area (Å²) in [5.74, 6) is 0. The van der Waals surface area contributed by atoms with Gasteiger partial charge in [-0.1, -0.05) is 0 Å². The number of nitrogens with zero attached hydrogens (tertiary/aromatic N) is 1. The van der Waals surface area contributed by atoms with Crippen molar-refractivity contribution in [1.82, 2.24) is 4.98 Å². The maximum atomic E-state index is 11.6. The molecule has 1 N–H and O–H groups in total. The zero-order valence-corrected chi connectivity index (χ0v) is 10.2. The van der Waals surface area contributed by atoms with Gasteiger partial charge in [-0.3, -0.25) is 9.71 Å². The topological polar surface area (TPSA) is 59.1 Å². The Morgan fingerprint density at radius 2 is 1.87 bits per heavy atom. The third kappa shape index (κ3) is 2.92. The highest BCUT2D eigenvalue weighted by Gasteiger charge is 2.16. The van der Waals surface area contributed by atoms with Gasteiger partial charge in [0.2, 0.25) is 10.0 Å². The van der Waals surface area contributed by atoms with Crippen molar-refractivity contribution in [3.63, 3.8) is 0 Å². The predicted octanol–water partition coefficient (Wildman–Crippen LogP) is 1.85. The van der Waals surface area contributed by atoms with Crippen molar-refractivity contribution in [2.75, 3.05) is 4.72 Å². The highest BCUT2D eigenvalue weighted by molar-refractivity contribution is 7.93. The van der Waals surface area contributed by atoms with Crippen LogP contribution in [0.5, 0.6) is 0 Å². The molecule has 0 unspecified atom stereocenters. The minimum atomic E-state index is -3.28. The Morgan fingerprint density at radius 3 is 2.33 bits per heavy atom. The molecule has 0 radical (unpaired) electrons. The van der Waals surface area contributed by atoms with E-state index in [2.05, 4.69) is 9.71 Å². The summed E-state index contributed by atoms with van der Waals surface area (Å²) in [5, 5.41) is -0.446. The van der Waals surface area contributed by atoms with E-state index in [4.69, 9.17) is 0 Å². The van der Waals surface area contributed by atoms with E-state index < -0.39 is 15.3 Å². The van der Waals surface area contributed by atoms with E-state index in [1.807, 2.05) is 6.92 Å². The number of nitrogens with one attached hydrogen (secondary N) is 1. The lowest BCUT2D eigenvalue weighted by atomic mass is 10.3. The summed E-state index contributed by atoms with van der Waals surface area (Å²) in [4.78, 5) is 4.19. The van der Waals surface area contributed by atoms with Crippen molar-refractivity contribution in [2.45, 2.75) is 32.9 Å². The minimum absolute atomic E-state index is 0.446. The first-order chi connectivity index (χ1) is 6.83. The quantitative estimate of drug-likeness (QED) is 0.859. The molecule has 0 amide bonds. The molecule has 0 aliphatic heterocycles. The highest BCUT2D eigenvalue weighted by Crippen LogP contribution is 2.15. The standard InChI is InChI=1S/C10H16N2O2S/c1-7(2)15(13,14)12-10-6-5-8(3)11-9(10)4/h5-7,12H,1-4H3. The van der Waals surface area contributed by atoms with Gasteiger partial charge in [0.05, 0.1) is 16.6 Å². The molecule has 1 rings (SSSR count). The Balaban J connectivity index is 3.01. The molecule has 0 saturated carbocycles. The third-order valence-electron chi connectivity index (χ3n) is 2.10. The summed E-state index contributed by atoms with van der Waals surface area (Å²) in [6.45, 7) is 6.93. The number of aryl methyl sites for hydroxylation is 2. The Hall–Kier alpha value is -1.10. The largest absolute Gasteiger partial charge is 0.281 e. The number of hydrogen-bond donors (Lipinski definition) is 1. The van der Waals surface area contributed by atoms with Crippen LogP contribution in [-0.4, -0.2) is 18.7 Å². The molecular formula is C10H16N2O2S. The van der Waals surface area contributed by atoms with Gasteiger partial charge in [0.25, 0.3) is 0 Å². The fourth-order valence-corrected chi connectivity index (χ4v) is 1.82. The van der Waals surface area contributed by atoms with Crippen LogP contribution in [0.15, 0.2) is 12.1 Å². The molecule has 1 aromatic heterocycles. The number of pyridine rings is 1. The van der Waals surface area contributed by atoms with Gasteiger partial charge in [-0.15, -0.1) is 0 Å². The number of sulfonamides is 1. The third-order valence-corrected chi connectivity index (χ3v) is 3.84. The van der Waals surface area contributed by atoms with E-state index in [0.717, 1.165) is 5.69 Å². The summed E-state index contributed by atoms with van der Waals surface area (Å²) in [5.41, 5.74) is 2.12. The van der Waals surface area contributed by atoms with Crippen LogP contribution in [0, 0.1) is 13.8 Å². The fourth-order valence-electron chi connectivity index (χ4n) is 1.07. The average Bonchev–Trinajstić information content (AvgIpc) is 2.09. The van der Waals surface area contributed by atoms with Crippen molar-refractivity contribution in [3.8, 4) is 0 Å². The second-order valence-corrected chi connectivity index (χ2v) is 6.02. The number of anilines is 1. The van der Waals surface area contributed by atoms with Crippen molar-refractivity contribution in [1.29, 1.82) is 0 Å². The van der Waals surface area contributed by atoms with Gasteiger partial charge >= 0.3 is 0 Å². The summed E-state index contributed by atoms with van der Waals surface area (Å²) < 4.78 is 25.7. The first-order valence-electron chi connectivity index (χ1n) is 4.79. The monoisotopic (exact) mass is 228 g/mol. The Morgan fingerprint density at radius 1 is 1.27 bits per heavy atom. The molecule has 0 bridgehead atoms. The van der Waals surface area contributed by atoms with Crippen molar-refractivity contribution in [3.05, 3.63) is 23.5 Å². The Bertz CT molecular complexity index is 452. The molecule has 4 nitrogen and oxygen atoms in total. The smallest absolute Gasteiger partial charge is 0.235 e. The average molecular weight is 228 g/mol. The van der Waals surface area contributed by atoms with Crippen LogP contribution in [0.2, 0.25) is 0 Å². The second-order valence-electron chi connectivity index (χ2n) is 3.78. The molecule has 0 spiro atoms. The summed E-state index contributed by atoms with van der Waals surface area (Å²) in [6.07, 6.45) is 0. The Labute approximate surface area is 90.8 Å². The lowest BCUT2D eigenvalue weighted by molar-refractivity contribution is 0.592. The lowest BCUT2D eigenvalue weighted by Crippen LogP contribution is -2.23. The lowest BCUT2D eigenvalue weighted by Gasteiger charge is -2.12. The van der Waals surface area contributed by atoms with Crippen LogP contribution in [0.4, 0.5) is 5.69 Å². The zero-order valence-electron chi connectivity index (χ0n) is 9.40. The van der Waals surface area contributed by atoms with E-state index in [1.165, 1.54) is 0 Å². The molecule has 0 saturated heterocycles. The first kappa shape index (κ1) is 12.0. The van der Waals surface area contributed by atoms with Crippen molar-refractivity contribution >= 4 is 15.7 Å². The molecule has 0 fully saturated rings. The van der Waals surface area contributed by atoms with Gasteiger partial charge in [-0.05, 0) is 39.8 Å². The van der Waals surface area contributed by atoms with Crippen LogP contribution in [0.1, 0.15) is 25.2 Å². The normalized spacial score (nSPS) is 11.8. The van der Waals surface area contributed by atoms with Gasteiger partial charge in [-0.2, -0.15) is 0 Å². The number of aromatic nitrogens is 1. The first-order valence-corrected chi connectivity index (χ1v) is 6.33. The van der Waals surface area contributed by atoms with Gasteiger partial charge in [0.15, 0.2) is 0 Å². The SMILES string of the molecule is Cc1ccc(NS(=O)(=O)C(C)C)c(C)n1. The van der Waals surface area contributed by atoms with E-state index in [9.17, 15) is 8.42 Å². The molecule has 5 heteroatoms. The van der Waals surface area contributed by atoms with Gasteiger partial charge in [0, 0.05) is 5.69 Å². The van der Waals surface area contributed by atoms with E-state index in [0.29, 0.717) is 11.4 Å². The van der Waals surface area contributed by atoms with Crippen LogP contribution < -0.4 is 4.72 Å². The van der Waals surface area contributed by atoms with Crippen LogP contribution in [0.25, 0.3) is 0 Å². The predicted molar refractivity (Wildman–Crippen MR) is 61.4 cm³/mol. The fraction of sp³-hybridized carbons (Fsp3) is 0.500. The molecule has 0 aliphatic rings. The zero-order chi connectivity index (χ0) is 11.6. The molecule has 84 valence electrons. The molecule has 0 aromatic carbocycles. The van der Waals surface area contributed by atoms with Crippen molar-refractivity contribution in [2.24, 2.45) is 0 Å². The molecular weight excluding hydrogens is 212 g/mol. The molecule has 1 heterocycles. The number of rotatable bonds is 3. The van der Waals surface area contributed by atoms with E-state index in [1.54, 1.807) is 32.9 Å². The highest BCUT2D eigenvalue weighted by atomic mass is 32.2. The van der Waals surface area contributed by atoms with Gasteiger partial charge < -0.3 is 0 Å². The Kier molecular flexibility index (Phi) is 3.34. The minimum Gasteiger partial charge on any atom is -0.281 e. The summed E-state index contributed by atoms with van der Waals surface area (Å²) >= 11 is 0. The maximum absolute atomic E-state index is 11.6. The van der Waals surface area contributed by atoms with Crippen molar-refractivity contribution < 1.29 is 8.42 Å². The van der Waals surface area contributed by atoms with Crippen LogP contribution in [0.3, 0.4) is 0 Å². The maximum Gasteiger partial charge on any atom is 0.235 e. The van der Waals surface area contributed by atoms with Gasteiger partial charge in [-0.25, -0.2) is 8.42 Å². The van der Waals surface area contributed by atoms with E-state index >= 15 is 0 Å².